The van der Waals surface area contributed by atoms with E-state index in [1.165, 1.54) is 16.0 Å². The van der Waals surface area contributed by atoms with E-state index in [9.17, 15) is 5.11 Å². The highest BCUT2D eigenvalue weighted by Crippen LogP contribution is 2.28. The van der Waals surface area contributed by atoms with Crippen LogP contribution >= 0.6 is 0 Å². The van der Waals surface area contributed by atoms with Crippen LogP contribution in [-0.4, -0.2) is 55.5 Å². The molecule has 0 aliphatic carbocycles. The van der Waals surface area contributed by atoms with E-state index in [2.05, 4.69) is 78.6 Å². The molecule has 1 atom stereocenters. The number of benzene rings is 3. The van der Waals surface area contributed by atoms with Gasteiger partial charge in [0.05, 0.1) is 0 Å². The van der Waals surface area contributed by atoms with Gasteiger partial charge in [-0.25, -0.2) is 0 Å². The molecule has 0 spiro atoms. The molecule has 176 valence electrons. The molecule has 3 aromatic carbocycles. The van der Waals surface area contributed by atoms with Crippen LogP contribution in [0.25, 0.3) is 10.9 Å². The lowest BCUT2D eigenvalue weighted by atomic mass is 9.96. The Bertz CT molecular complexity index is 1140. The van der Waals surface area contributed by atoms with Gasteiger partial charge >= 0.3 is 0 Å². The number of rotatable bonds is 8. The quantitative estimate of drug-likeness (QED) is 0.326. The van der Waals surface area contributed by atoms with Crippen LogP contribution in [0.3, 0.4) is 0 Å². The Morgan fingerprint density at radius 1 is 0.853 bits per heavy atom. The Balaban J connectivity index is 1.18. The summed E-state index contributed by atoms with van der Waals surface area (Å²) >= 11 is 0. The molecule has 5 nitrogen and oxygen atoms in total. The summed E-state index contributed by atoms with van der Waals surface area (Å²) in [5, 5.41) is 11.8. The highest BCUT2D eigenvalue weighted by atomic mass is 16.5. The molecule has 4 aromatic rings. The summed E-state index contributed by atoms with van der Waals surface area (Å²) in [6, 6.07) is 28.1. The third-order valence-corrected chi connectivity index (χ3v) is 7.09. The van der Waals surface area contributed by atoms with Crippen molar-refractivity contribution in [2.75, 3.05) is 39.3 Å². The molecule has 4 N–H and O–H groups in total. The molecule has 34 heavy (non-hydrogen) atoms. The zero-order valence-electron chi connectivity index (χ0n) is 19.8. The van der Waals surface area contributed by atoms with Crippen LogP contribution in [-0.2, 0) is 0 Å². The van der Waals surface area contributed by atoms with Crippen molar-refractivity contribution >= 4 is 10.9 Å². The van der Waals surface area contributed by atoms with Gasteiger partial charge in [-0.1, -0.05) is 66.7 Å². The molecular formula is C29H35N3O2+2. The normalized spacial score (nSPS) is 19.4. The highest BCUT2D eigenvalue weighted by Gasteiger charge is 2.32. The fourth-order valence-corrected chi connectivity index (χ4v) is 5.39. The number of ether oxygens (including phenoxy) is 1. The average molecular weight is 458 g/mol. The van der Waals surface area contributed by atoms with E-state index in [1.807, 2.05) is 18.3 Å². The number of hydrogen-bond donors (Lipinski definition) is 4. The number of quaternary nitrogens is 2. The van der Waals surface area contributed by atoms with Crippen LogP contribution in [0.15, 0.2) is 85.1 Å². The monoisotopic (exact) mass is 457 g/mol. The zero-order valence-corrected chi connectivity index (χ0v) is 19.8. The van der Waals surface area contributed by atoms with E-state index in [0.717, 1.165) is 54.9 Å². The van der Waals surface area contributed by atoms with Crippen LogP contribution in [0, 0.1) is 6.92 Å². The lowest BCUT2D eigenvalue weighted by Gasteiger charge is -2.35. The number of aryl methyl sites for hydroxylation is 1. The third-order valence-electron chi connectivity index (χ3n) is 7.09. The molecule has 1 aromatic heterocycles. The second-order valence-corrected chi connectivity index (χ2v) is 9.48. The van der Waals surface area contributed by atoms with E-state index in [4.69, 9.17) is 4.74 Å². The second kappa shape index (κ2) is 10.4. The van der Waals surface area contributed by atoms with E-state index in [1.54, 1.807) is 4.90 Å². The van der Waals surface area contributed by atoms with Gasteiger partial charge in [-0.2, -0.15) is 0 Å². The van der Waals surface area contributed by atoms with Crippen molar-refractivity contribution in [3.63, 3.8) is 0 Å². The summed E-state index contributed by atoms with van der Waals surface area (Å²) in [6.07, 6.45) is 1.52. The Morgan fingerprint density at radius 2 is 1.50 bits per heavy atom. The number of aromatic nitrogens is 1. The third kappa shape index (κ3) is 5.02. The lowest BCUT2D eigenvalue weighted by Crippen LogP contribution is -3.28. The molecule has 5 heteroatoms. The van der Waals surface area contributed by atoms with Gasteiger partial charge in [-0.05, 0) is 24.6 Å². The summed E-state index contributed by atoms with van der Waals surface area (Å²) in [6.45, 7) is 7.38. The molecule has 0 radical (unpaired) electrons. The number of aliphatic hydroxyl groups excluding tert-OH is 1. The number of H-pyrrole nitrogens is 1. The highest BCUT2D eigenvalue weighted by molar-refractivity contribution is 5.89. The maximum Gasteiger partial charge on any atom is 0.139 e. The van der Waals surface area contributed by atoms with E-state index in [-0.39, 0.29) is 0 Å². The van der Waals surface area contributed by atoms with E-state index in [0.29, 0.717) is 12.6 Å². The zero-order chi connectivity index (χ0) is 23.3. The predicted octanol–water partition coefficient (Wildman–Crippen LogP) is 1.79. The van der Waals surface area contributed by atoms with Crippen molar-refractivity contribution < 1.29 is 19.6 Å². The van der Waals surface area contributed by atoms with Gasteiger partial charge in [0, 0.05) is 28.2 Å². The molecule has 1 aliphatic heterocycles. The standard InChI is InChI=1S/C29H33N3O2/c1-22-19-30-26-13-8-14-27(28(22)26)34-21-25(33)20-31-15-17-32(18-16-31)29(23-9-4-2-5-10-23)24-11-6-3-7-12-24/h2-14,19,25,29-30,33H,15-18,20-21H2,1H3/p+2/t25-/m0/s1. The number of hydrogen-bond acceptors (Lipinski definition) is 2. The summed E-state index contributed by atoms with van der Waals surface area (Å²) in [5.74, 6) is 0.841. The molecule has 5 rings (SSSR count). The Kier molecular flexibility index (Phi) is 6.95. The minimum Gasteiger partial charge on any atom is -0.490 e. The predicted molar refractivity (Wildman–Crippen MR) is 136 cm³/mol. The maximum atomic E-state index is 10.7. The molecule has 0 saturated carbocycles. The second-order valence-electron chi connectivity index (χ2n) is 9.48. The van der Waals surface area contributed by atoms with Crippen LogP contribution in [0.1, 0.15) is 22.7 Å². The van der Waals surface area contributed by atoms with Gasteiger partial charge in [0.1, 0.15) is 57.2 Å². The molecule has 0 unspecified atom stereocenters. The number of fused-ring (bicyclic) bond motifs is 1. The smallest absolute Gasteiger partial charge is 0.139 e. The van der Waals surface area contributed by atoms with Gasteiger partial charge < -0.3 is 24.6 Å². The summed E-state index contributed by atoms with van der Waals surface area (Å²) < 4.78 is 6.05. The van der Waals surface area contributed by atoms with Crippen LogP contribution < -0.4 is 14.5 Å². The Hall–Kier alpha value is -3.12. The summed E-state index contributed by atoms with van der Waals surface area (Å²) in [5.41, 5.74) is 4.97. The van der Waals surface area contributed by atoms with Crippen molar-refractivity contribution in [1.29, 1.82) is 0 Å². The maximum absolute atomic E-state index is 10.7. The van der Waals surface area contributed by atoms with Gasteiger partial charge in [0.15, 0.2) is 0 Å². The van der Waals surface area contributed by atoms with Crippen LogP contribution in [0.4, 0.5) is 0 Å². The minimum atomic E-state index is -0.481. The largest absolute Gasteiger partial charge is 0.490 e. The van der Waals surface area contributed by atoms with Gasteiger partial charge in [-0.3, -0.25) is 0 Å². The molecular weight excluding hydrogens is 422 g/mol. The van der Waals surface area contributed by atoms with Crippen molar-refractivity contribution in [2.24, 2.45) is 0 Å². The van der Waals surface area contributed by atoms with Crippen molar-refractivity contribution in [3.8, 4) is 5.75 Å². The van der Waals surface area contributed by atoms with Gasteiger partial charge in [-0.15, -0.1) is 0 Å². The topological polar surface area (TPSA) is 54.1 Å². The van der Waals surface area contributed by atoms with Gasteiger partial charge in [0.25, 0.3) is 0 Å². The first-order chi connectivity index (χ1) is 16.7. The molecule has 2 heterocycles. The number of aromatic amines is 1. The Labute approximate surface area is 201 Å². The van der Waals surface area contributed by atoms with Crippen LogP contribution in [0.2, 0.25) is 0 Å². The molecule has 1 fully saturated rings. The van der Waals surface area contributed by atoms with Crippen LogP contribution in [0.5, 0.6) is 5.75 Å². The summed E-state index contributed by atoms with van der Waals surface area (Å²) in [4.78, 5) is 6.32. The first kappa shape index (κ1) is 22.7. The van der Waals surface area contributed by atoms with E-state index >= 15 is 0 Å². The first-order valence-corrected chi connectivity index (χ1v) is 12.3. The molecule has 0 amide bonds. The van der Waals surface area contributed by atoms with Crippen molar-refractivity contribution in [2.45, 2.75) is 19.1 Å². The Morgan fingerprint density at radius 3 is 2.15 bits per heavy atom. The number of aliphatic hydroxyl groups is 1. The SMILES string of the molecule is Cc1c[nH]c2cccc(OC[C@@H](O)C[NH+]3CC[NH+](C(c4ccccc4)c4ccccc4)CC3)c12. The average Bonchev–Trinajstić information content (AvgIpc) is 3.27. The fourth-order valence-electron chi connectivity index (χ4n) is 5.39. The first-order valence-electron chi connectivity index (χ1n) is 12.3. The van der Waals surface area contributed by atoms with Crippen molar-refractivity contribution in [1.82, 2.24) is 4.98 Å². The summed E-state index contributed by atoms with van der Waals surface area (Å²) in [7, 11) is 0. The minimum absolute atomic E-state index is 0.320. The molecule has 1 aliphatic rings. The molecule has 1 saturated heterocycles. The fraction of sp³-hybridized carbons (Fsp3) is 0.310. The van der Waals surface area contributed by atoms with E-state index < -0.39 is 6.10 Å². The van der Waals surface area contributed by atoms with Crippen molar-refractivity contribution in [3.05, 3.63) is 102 Å². The van der Waals surface area contributed by atoms with Gasteiger partial charge in [0.2, 0.25) is 0 Å². The number of piperazine rings is 1. The molecule has 0 bridgehead atoms. The lowest BCUT2D eigenvalue weighted by molar-refractivity contribution is -1.02. The number of nitrogens with one attached hydrogen (secondary N) is 3.